The Hall–Kier alpha value is -1.18. The molecule has 1 N–H and O–H groups in total. The highest BCUT2D eigenvalue weighted by Gasteiger charge is 2.24. The minimum absolute atomic E-state index is 0.235. The summed E-state index contributed by atoms with van der Waals surface area (Å²) in [6.07, 6.45) is 4.20. The van der Waals surface area contributed by atoms with Crippen LogP contribution in [0.15, 0.2) is 24.3 Å². The Morgan fingerprint density at radius 1 is 1.11 bits per heavy atom. The largest absolute Gasteiger partial charge is 0.491 e. The lowest BCUT2D eigenvalue weighted by Gasteiger charge is -2.33. The molecule has 1 saturated carbocycles. The fourth-order valence-electron chi connectivity index (χ4n) is 3.00. The molecule has 1 aromatic rings. The van der Waals surface area contributed by atoms with E-state index in [-0.39, 0.29) is 6.10 Å². The maximum absolute atomic E-state index is 5.67. The first-order valence-electron chi connectivity index (χ1n) is 7.58. The van der Waals surface area contributed by atoms with Crippen molar-refractivity contribution in [2.24, 2.45) is 11.8 Å². The van der Waals surface area contributed by atoms with Crippen molar-refractivity contribution in [2.45, 2.75) is 59.1 Å². The predicted octanol–water partition coefficient (Wildman–Crippen LogP) is 4.71. The third-order valence-corrected chi connectivity index (χ3v) is 4.01. The van der Waals surface area contributed by atoms with Crippen LogP contribution in [0.5, 0.6) is 5.75 Å². The van der Waals surface area contributed by atoms with Crippen LogP contribution in [-0.4, -0.2) is 12.1 Å². The molecule has 1 fully saturated rings. The molecule has 1 aromatic carbocycles. The summed E-state index contributed by atoms with van der Waals surface area (Å²) in [6.45, 7) is 8.84. The SMILES string of the molecule is CC1CCC(Nc2ccc(OC(C)C)cc2)C(C)C1. The normalized spacial score (nSPS) is 27.3. The first kappa shape index (κ1) is 14.2. The molecule has 0 spiro atoms. The number of rotatable bonds is 4. The Kier molecular flexibility index (Phi) is 4.73. The van der Waals surface area contributed by atoms with Gasteiger partial charge in [-0.15, -0.1) is 0 Å². The number of hydrogen-bond donors (Lipinski definition) is 1. The molecule has 0 aliphatic heterocycles. The predicted molar refractivity (Wildman–Crippen MR) is 81.8 cm³/mol. The summed E-state index contributed by atoms with van der Waals surface area (Å²) in [4.78, 5) is 0. The molecule has 0 aromatic heterocycles. The van der Waals surface area contributed by atoms with Crippen LogP contribution in [-0.2, 0) is 0 Å². The molecule has 0 amide bonds. The fraction of sp³-hybridized carbons (Fsp3) is 0.647. The quantitative estimate of drug-likeness (QED) is 0.847. The number of hydrogen-bond acceptors (Lipinski definition) is 2. The highest BCUT2D eigenvalue weighted by molar-refractivity contribution is 5.47. The third kappa shape index (κ3) is 4.15. The van der Waals surface area contributed by atoms with Crippen molar-refractivity contribution in [2.75, 3.05) is 5.32 Å². The van der Waals surface area contributed by atoms with Crippen LogP contribution in [0.4, 0.5) is 5.69 Å². The summed E-state index contributed by atoms with van der Waals surface area (Å²) in [5.74, 6) is 2.59. The molecule has 0 radical (unpaired) electrons. The number of anilines is 1. The van der Waals surface area contributed by atoms with E-state index in [4.69, 9.17) is 4.74 Å². The Morgan fingerprint density at radius 2 is 1.79 bits per heavy atom. The molecule has 1 aliphatic rings. The minimum atomic E-state index is 0.235. The summed E-state index contributed by atoms with van der Waals surface area (Å²) in [5, 5.41) is 3.68. The zero-order valence-electron chi connectivity index (χ0n) is 12.6. The topological polar surface area (TPSA) is 21.3 Å². The van der Waals surface area contributed by atoms with Crippen LogP contribution in [0.1, 0.15) is 47.0 Å². The van der Waals surface area contributed by atoms with E-state index in [2.05, 4.69) is 57.3 Å². The zero-order chi connectivity index (χ0) is 13.8. The molecule has 3 unspecified atom stereocenters. The van der Waals surface area contributed by atoms with Gasteiger partial charge >= 0.3 is 0 Å². The zero-order valence-corrected chi connectivity index (χ0v) is 12.6. The molecular weight excluding hydrogens is 234 g/mol. The lowest BCUT2D eigenvalue weighted by Crippen LogP contribution is -2.32. The molecule has 2 rings (SSSR count). The van der Waals surface area contributed by atoms with Crippen LogP contribution in [0.25, 0.3) is 0 Å². The van der Waals surface area contributed by atoms with Gasteiger partial charge in [0.25, 0.3) is 0 Å². The molecule has 0 saturated heterocycles. The van der Waals surface area contributed by atoms with Gasteiger partial charge in [0.05, 0.1) is 6.10 Å². The summed E-state index contributed by atoms with van der Waals surface area (Å²) < 4.78 is 5.67. The smallest absolute Gasteiger partial charge is 0.119 e. The van der Waals surface area contributed by atoms with Crippen molar-refractivity contribution < 1.29 is 4.74 Å². The lowest BCUT2D eigenvalue weighted by atomic mass is 9.80. The van der Waals surface area contributed by atoms with Gasteiger partial charge in [-0.25, -0.2) is 0 Å². The third-order valence-electron chi connectivity index (χ3n) is 4.01. The highest BCUT2D eigenvalue weighted by Crippen LogP contribution is 2.31. The van der Waals surface area contributed by atoms with E-state index < -0.39 is 0 Å². The number of benzene rings is 1. The Balaban J connectivity index is 1.92. The summed E-state index contributed by atoms with van der Waals surface area (Å²) >= 11 is 0. The molecular formula is C17H27NO. The van der Waals surface area contributed by atoms with Gasteiger partial charge in [-0.3, -0.25) is 0 Å². The average Bonchev–Trinajstić information content (AvgIpc) is 2.34. The second-order valence-electron chi connectivity index (χ2n) is 6.34. The summed E-state index contributed by atoms with van der Waals surface area (Å²) in [5.41, 5.74) is 1.21. The van der Waals surface area contributed by atoms with Gasteiger partial charge in [-0.1, -0.05) is 13.8 Å². The lowest BCUT2D eigenvalue weighted by molar-refractivity contribution is 0.242. The second-order valence-corrected chi connectivity index (χ2v) is 6.34. The van der Waals surface area contributed by atoms with E-state index in [1.165, 1.54) is 24.9 Å². The molecule has 3 atom stereocenters. The van der Waals surface area contributed by atoms with Crippen LogP contribution < -0.4 is 10.1 Å². The molecule has 106 valence electrons. The van der Waals surface area contributed by atoms with Gasteiger partial charge in [0.15, 0.2) is 0 Å². The van der Waals surface area contributed by atoms with Crippen molar-refractivity contribution in [3.8, 4) is 5.75 Å². The van der Waals surface area contributed by atoms with Crippen LogP contribution in [0, 0.1) is 11.8 Å². The van der Waals surface area contributed by atoms with Gasteiger partial charge in [0.2, 0.25) is 0 Å². The molecule has 0 heterocycles. The van der Waals surface area contributed by atoms with E-state index in [1.54, 1.807) is 0 Å². The Bertz CT molecular complexity index is 385. The van der Waals surface area contributed by atoms with Gasteiger partial charge < -0.3 is 10.1 Å². The van der Waals surface area contributed by atoms with E-state index >= 15 is 0 Å². The minimum Gasteiger partial charge on any atom is -0.491 e. The maximum atomic E-state index is 5.67. The van der Waals surface area contributed by atoms with Crippen molar-refractivity contribution in [3.63, 3.8) is 0 Å². The first-order valence-corrected chi connectivity index (χ1v) is 7.58. The highest BCUT2D eigenvalue weighted by atomic mass is 16.5. The van der Waals surface area contributed by atoms with Crippen LogP contribution in [0.2, 0.25) is 0 Å². The Labute approximate surface area is 117 Å². The van der Waals surface area contributed by atoms with E-state index in [0.29, 0.717) is 6.04 Å². The van der Waals surface area contributed by atoms with Crippen molar-refractivity contribution in [3.05, 3.63) is 24.3 Å². The van der Waals surface area contributed by atoms with Crippen molar-refractivity contribution in [1.82, 2.24) is 0 Å². The standard InChI is InChI=1S/C17H27NO/c1-12(2)19-16-8-6-15(7-9-16)18-17-10-5-13(3)11-14(17)4/h6-9,12-14,17-18H,5,10-11H2,1-4H3. The maximum Gasteiger partial charge on any atom is 0.119 e. The first-order chi connectivity index (χ1) is 9.04. The summed E-state index contributed by atoms with van der Waals surface area (Å²) in [6, 6.07) is 8.98. The second kappa shape index (κ2) is 6.31. The molecule has 19 heavy (non-hydrogen) atoms. The molecule has 1 aliphatic carbocycles. The van der Waals surface area contributed by atoms with Crippen molar-refractivity contribution in [1.29, 1.82) is 0 Å². The van der Waals surface area contributed by atoms with E-state index in [9.17, 15) is 0 Å². The van der Waals surface area contributed by atoms with Crippen LogP contribution >= 0.6 is 0 Å². The number of nitrogens with one attached hydrogen (secondary N) is 1. The van der Waals surface area contributed by atoms with E-state index in [0.717, 1.165) is 17.6 Å². The van der Waals surface area contributed by atoms with Gasteiger partial charge in [0.1, 0.15) is 5.75 Å². The van der Waals surface area contributed by atoms with Gasteiger partial charge in [-0.2, -0.15) is 0 Å². The van der Waals surface area contributed by atoms with Gasteiger partial charge in [0, 0.05) is 11.7 Å². The van der Waals surface area contributed by atoms with Crippen LogP contribution in [0.3, 0.4) is 0 Å². The van der Waals surface area contributed by atoms with Crippen molar-refractivity contribution >= 4 is 5.69 Å². The molecule has 2 nitrogen and oxygen atoms in total. The molecule has 0 bridgehead atoms. The number of ether oxygens (including phenoxy) is 1. The monoisotopic (exact) mass is 261 g/mol. The van der Waals surface area contributed by atoms with E-state index in [1.807, 2.05) is 0 Å². The summed E-state index contributed by atoms with van der Waals surface area (Å²) in [7, 11) is 0. The fourth-order valence-corrected chi connectivity index (χ4v) is 3.00. The Morgan fingerprint density at radius 3 is 2.37 bits per heavy atom. The molecule has 2 heteroatoms. The van der Waals surface area contributed by atoms with Gasteiger partial charge in [-0.05, 0) is 69.2 Å². The average molecular weight is 261 g/mol.